The van der Waals surface area contributed by atoms with Crippen LogP contribution in [-0.4, -0.2) is 39.1 Å². The van der Waals surface area contributed by atoms with E-state index in [1.54, 1.807) is 10.8 Å². The topological polar surface area (TPSA) is 91.2 Å². The van der Waals surface area contributed by atoms with E-state index in [2.05, 4.69) is 59.7 Å². The molecule has 4 rings (SSSR count). The number of carbonyl (C=O) groups is 3. The summed E-state index contributed by atoms with van der Waals surface area (Å²) in [6.07, 6.45) is 11.6. The molecular formula is C37H45N3O4. The van der Waals surface area contributed by atoms with E-state index in [-0.39, 0.29) is 41.5 Å². The Balaban J connectivity index is 1.55. The Morgan fingerprint density at radius 1 is 0.955 bits per heavy atom. The van der Waals surface area contributed by atoms with Crippen LogP contribution in [0, 0.1) is 23.7 Å². The second-order valence-electron chi connectivity index (χ2n) is 12.3. The molecule has 2 aromatic carbocycles. The largest absolute Gasteiger partial charge is 0.462 e. The first-order valence-electron chi connectivity index (χ1n) is 15.8. The van der Waals surface area contributed by atoms with Crippen LogP contribution >= 0.6 is 0 Å². The van der Waals surface area contributed by atoms with E-state index in [1.807, 2.05) is 51.2 Å². The highest BCUT2D eigenvalue weighted by Gasteiger charge is 2.25. The number of esters is 1. The van der Waals surface area contributed by atoms with Gasteiger partial charge in [-0.1, -0.05) is 98.3 Å². The van der Waals surface area contributed by atoms with Crippen LogP contribution in [0.3, 0.4) is 0 Å². The molecule has 7 heteroatoms. The normalized spacial score (nSPS) is 25.9. The van der Waals surface area contributed by atoms with Gasteiger partial charge in [0.15, 0.2) is 5.78 Å². The van der Waals surface area contributed by atoms with Gasteiger partial charge >= 0.3 is 5.97 Å². The Morgan fingerprint density at radius 3 is 2.36 bits per heavy atom. The number of aromatic nitrogens is 3. The fraction of sp³-hybridized carbons (Fsp3) is 0.432. The molecular weight excluding hydrogens is 550 g/mol. The van der Waals surface area contributed by atoms with E-state index < -0.39 is 0 Å². The molecule has 1 aliphatic heterocycles. The number of nitrogens with zero attached hydrogens (tertiary/aromatic N) is 3. The predicted molar refractivity (Wildman–Crippen MR) is 173 cm³/mol. The lowest BCUT2D eigenvalue weighted by Gasteiger charge is -2.25. The first kappa shape index (κ1) is 32.8. The first-order valence-corrected chi connectivity index (χ1v) is 15.8. The third kappa shape index (κ3) is 9.43. The highest BCUT2D eigenvalue weighted by Crippen LogP contribution is 2.28. The fourth-order valence-electron chi connectivity index (χ4n) is 6.04. The van der Waals surface area contributed by atoms with Crippen LogP contribution in [0.15, 0.2) is 84.6 Å². The third-order valence-electron chi connectivity index (χ3n) is 8.55. The van der Waals surface area contributed by atoms with Gasteiger partial charge in [-0.05, 0) is 61.6 Å². The molecule has 0 aliphatic carbocycles. The first-order chi connectivity index (χ1) is 21.2. The SMILES string of the molecule is CC[C@H]1OC(=O)CC[C@H](C)C[C@@H](CC=O)C[C@@H](C)C(=O)/C=C/C(C)=C/[C@@H]1Cn1cc(-c2ccc(-c3ccccc3)cc2)nn1. The van der Waals surface area contributed by atoms with Gasteiger partial charge in [-0.25, -0.2) is 0 Å². The van der Waals surface area contributed by atoms with Crippen molar-refractivity contribution in [2.45, 2.75) is 78.9 Å². The van der Waals surface area contributed by atoms with Gasteiger partial charge in [0.05, 0.1) is 12.7 Å². The Hall–Kier alpha value is -4.13. The standard InChI is InChI=1S/C37H45N3O4/c1-5-36-33(24-40-25-34(38-39-40)32-15-13-31(14-16-32)30-9-7-6-8-10-30)22-27(3)11-17-35(42)28(4)23-29(19-20-41)21-26(2)12-18-37(43)44-36/h6-11,13-17,20,22,25-26,28-29,33,36H,5,12,18-19,21,23-24H2,1-4H3/b17-11+,27-22+/t26-,28+,29+,33+,36+/m0/s1. The van der Waals surface area contributed by atoms with Crippen molar-refractivity contribution in [1.29, 1.82) is 0 Å². The van der Waals surface area contributed by atoms with Gasteiger partial charge in [-0.15, -0.1) is 5.10 Å². The average molecular weight is 596 g/mol. The van der Waals surface area contributed by atoms with Crippen LogP contribution < -0.4 is 0 Å². The van der Waals surface area contributed by atoms with Crippen LogP contribution in [0.2, 0.25) is 0 Å². The van der Waals surface area contributed by atoms with Gasteiger partial charge in [-0.3, -0.25) is 14.3 Å². The molecule has 5 atom stereocenters. The Bertz CT molecular complexity index is 1440. The Kier molecular flexibility index (Phi) is 12.0. The number of hydrogen-bond donors (Lipinski definition) is 0. The van der Waals surface area contributed by atoms with E-state index in [1.165, 1.54) is 0 Å². The van der Waals surface area contributed by atoms with Crippen LogP contribution in [-0.2, 0) is 25.7 Å². The minimum Gasteiger partial charge on any atom is -0.462 e. The second-order valence-corrected chi connectivity index (χ2v) is 12.3. The van der Waals surface area contributed by atoms with E-state index in [0.717, 1.165) is 40.7 Å². The van der Waals surface area contributed by atoms with Crippen molar-refractivity contribution in [2.75, 3.05) is 0 Å². The summed E-state index contributed by atoms with van der Waals surface area (Å²) in [5.74, 6) is -0.135. The second kappa shape index (κ2) is 16.1. The predicted octanol–water partition coefficient (Wildman–Crippen LogP) is 7.67. The molecule has 0 bridgehead atoms. The Labute approximate surface area is 261 Å². The van der Waals surface area contributed by atoms with Gasteiger partial charge in [0, 0.05) is 30.2 Å². The van der Waals surface area contributed by atoms with Crippen molar-refractivity contribution in [2.24, 2.45) is 23.7 Å². The number of carbonyl (C=O) groups excluding carboxylic acids is 3. The molecule has 7 nitrogen and oxygen atoms in total. The molecule has 3 aromatic rings. The zero-order valence-corrected chi connectivity index (χ0v) is 26.4. The zero-order valence-electron chi connectivity index (χ0n) is 26.4. The van der Waals surface area contributed by atoms with Crippen LogP contribution in [0.4, 0.5) is 0 Å². The Morgan fingerprint density at radius 2 is 1.66 bits per heavy atom. The summed E-state index contributed by atoms with van der Waals surface area (Å²) in [7, 11) is 0. The smallest absolute Gasteiger partial charge is 0.306 e. The summed E-state index contributed by atoms with van der Waals surface area (Å²) >= 11 is 0. The molecule has 0 spiro atoms. The lowest BCUT2D eigenvalue weighted by Crippen LogP contribution is -2.29. The summed E-state index contributed by atoms with van der Waals surface area (Å²) in [6.45, 7) is 8.48. The monoisotopic (exact) mass is 595 g/mol. The molecule has 0 fully saturated rings. The van der Waals surface area contributed by atoms with Crippen molar-refractivity contribution in [3.63, 3.8) is 0 Å². The maximum absolute atomic E-state index is 13.0. The highest BCUT2D eigenvalue weighted by molar-refractivity contribution is 5.91. The lowest BCUT2D eigenvalue weighted by molar-refractivity contribution is -0.151. The van der Waals surface area contributed by atoms with Crippen molar-refractivity contribution in [1.82, 2.24) is 15.0 Å². The third-order valence-corrected chi connectivity index (χ3v) is 8.55. The van der Waals surface area contributed by atoms with Crippen LogP contribution in [0.1, 0.15) is 66.2 Å². The molecule has 0 N–H and O–H groups in total. The number of allylic oxidation sites excluding steroid dienone is 3. The van der Waals surface area contributed by atoms with Gasteiger partial charge in [0.2, 0.25) is 0 Å². The maximum atomic E-state index is 13.0. The van der Waals surface area contributed by atoms with Crippen molar-refractivity contribution in [3.05, 3.63) is 84.6 Å². The molecule has 0 saturated carbocycles. The van der Waals surface area contributed by atoms with E-state index in [0.29, 0.717) is 38.6 Å². The molecule has 2 heterocycles. The number of aldehydes is 1. The summed E-state index contributed by atoms with van der Waals surface area (Å²) in [4.78, 5) is 37.3. The summed E-state index contributed by atoms with van der Waals surface area (Å²) < 4.78 is 7.85. The number of ketones is 1. The quantitative estimate of drug-likeness (QED) is 0.206. The van der Waals surface area contributed by atoms with E-state index in [4.69, 9.17) is 4.74 Å². The van der Waals surface area contributed by atoms with Crippen LogP contribution in [0.5, 0.6) is 0 Å². The summed E-state index contributed by atoms with van der Waals surface area (Å²) in [6, 6.07) is 18.5. The van der Waals surface area contributed by atoms with Gasteiger partial charge in [0.25, 0.3) is 0 Å². The molecule has 0 saturated heterocycles. The highest BCUT2D eigenvalue weighted by atomic mass is 16.5. The number of cyclic esters (lactones) is 1. The number of rotatable bonds is 7. The fourth-order valence-corrected chi connectivity index (χ4v) is 6.04. The van der Waals surface area contributed by atoms with E-state index in [9.17, 15) is 14.4 Å². The number of ether oxygens (including phenoxy) is 1. The number of benzene rings is 2. The minimum absolute atomic E-state index is 0.0580. The van der Waals surface area contributed by atoms with Gasteiger partial charge < -0.3 is 9.53 Å². The number of hydrogen-bond acceptors (Lipinski definition) is 6. The molecule has 232 valence electrons. The van der Waals surface area contributed by atoms with Gasteiger partial charge in [0.1, 0.15) is 18.1 Å². The van der Waals surface area contributed by atoms with Crippen molar-refractivity contribution in [3.8, 4) is 22.4 Å². The molecule has 1 aromatic heterocycles. The molecule has 1 aliphatic rings. The summed E-state index contributed by atoms with van der Waals surface area (Å²) in [5, 5.41) is 8.85. The molecule has 44 heavy (non-hydrogen) atoms. The minimum atomic E-state index is -0.357. The van der Waals surface area contributed by atoms with E-state index >= 15 is 0 Å². The molecule has 0 unspecified atom stereocenters. The van der Waals surface area contributed by atoms with Crippen LogP contribution in [0.25, 0.3) is 22.4 Å². The average Bonchev–Trinajstić information content (AvgIpc) is 3.50. The maximum Gasteiger partial charge on any atom is 0.306 e. The summed E-state index contributed by atoms with van der Waals surface area (Å²) in [5.41, 5.74) is 4.94. The van der Waals surface area contributed by atoms with Gasteiger partial charge in [-0.2, -0.15) is 0 Å². The zero-order chi connectivity index (χ0) is 31.5. The van der Waals surface area contributed by atoms with Crippen molar-refractivity contribution >= 4 is 18.0 Å². The molecule has 0 radical (unpaired) electrons. The molecule has 0 amide bonds. The van der Waals surface area contributed by atoms with Crippen molar-refractivity contribution < 1.29 is 19.1 Å². The lowest BCUT2D eigenvalue weighted by atomic mass is 9.83.